The lowest BCUT2D eigenvalue weighted by Gasteiger charge is -2.32. The summed E-state index contributed by atoms with van der Waals surface area (Å²) >= 11 is 0. The van der Waals surface area contributed by atoms with E-state index in [1.165, 1.54) is 0 Å². The minimum Gasteiger partial charge on any atom is -0.399 e. The topological polar surface area (TPSA) is 31.4 Å². The van der Waals surface area contributed by atoms with E-state index in [9.17, 15) is 17.6 Å². The van der Waals surface area contributed by atoms with Crippen LogP contribution >= 0.6 is 0 Å². The molecular weight excluding hydrogens is 265 g/mol. The third-order valence-corrected chi connectivity index (χ3v) is 3.52. The van der Waals surface area contributed by atoms with E-state index in [2.05, 4.69) is 4.98 Å². The molecule has 2 heterocycles. The van der Waals surface area contributed by atoms with E-state index in [-0.39, 0.29) is 0 Å². The van der Waals surface area contributed by atoms with Gasteiger partial charge in [-0.15, -0.1) is 0 Å². The van der Waals surface area contributed by atoms with Crippen LogP contribution < -0.4 is 5.46 Å². The molecule has 0 N–H and O–H groups in total. The van der Waals surface area contributed by atoms with Gasteiger partial charge in [0.25, 0.3) is 11.9 Å². The predicted molar refractivity (Wildman–Crippen MR) is 59.8 cm³/mol. The summed E-state index contributed by atoms with van der Waals surface area (Å²) in [7, 11) is -1.53. The minimum absolute atomic E-state index is 0.882. The van der Waals surface area contributed by atoms with Crippen molar-refractivity contribution in [3.63, 3.8) is 0 Å². The summed E-state index contributed by atoms with van der Waals surface area (Å²) in [6, 6.07) is 0. The molecule has 0 unspecified atom stereocenters. The zero-order valence-electron chi connectivity index (χ0n) is 10.9. The molecule has 1 saturated heterocycles. The largest absolute Gasteiger partial charge is 0.501 e. The lowest BCUT2D eigenvalue weighted by Crippen LogP contribution is -2.41. The second kappa shape index (κ2) is 4.18. The highest BCUT2D eigenvalue weighted by atomic mass is 19.2. The van der Waals surface area contributed by atoms with E-state index >= 15 is 0 Å². The van der Waals surface area contributed by atoms with E-state index < -0.39 is 47.3 Å². The maximum atomic E-state index is 13.6. The lowest BCUT2D eigenvalue weighted by atomic mass is 9.78. The fraction of sp³-hybridized carbons (Fsp3) is 0.545. The van der Waals surface area contributed by atoms with Gasteiger partial charge in [-0.05, 0) is 27.7 Å². The number of halogens is 4. The van der Waals surface area contributed by atoms with Crippen LogP contribution in [0.4, 0.5) is 17.6 Å². The molecule has 0 spiro atoms. The third kappa shape index (κ3) is 2.12. The Morgan fingerprint density at radius 1 is 0.842 bits per heavy atom. The zero-order chi connectivity index (χ0) is 14.6. The van der Waals surface area contributed by atoms with Crippen LogP contribution in [-0.4, -0.2) is 23.3 Å². The molecule has 1 aliphatic heterocycles. The maximum absolute atomic E-state index is 13.6. The van der Waals surface area contributed by atoms with Gasteiger partial charge < -0.3 is 9.31 Å². The number of pyridine rings is 1. The molecule has 0 aromatic carbocycles. The average Bonchev–Trinajstić information content (AvgIpc) is 2.45. The Balaban J connectivity index is 2.51. The normalized spacial score (nSPS) is 20.9. The van der Waals surface area contributed by atoms with Crippen LogP contribution in [0.15, 0.2) is 0 Å². The monoisotopic (exact) mass is 277 g/mol. The predicted octanol–water partition coefficient (Wildman–Crippen LogP) is 1.94. The number of aromatic nitrogens is 1. The summed E-state index contributed by atoms with van der Waals surface area (Å²) in [6.07, 6.45) is 0. The van der Waals surface area contributed by atoms with Gasteiger partial charge in [0.2, 0.25) is 0 Å². The van der Waals surface area contributed by atoms with Crippen LogP contribution in [-0.2, 0) is 9.31 Å². The fourth-order valence-corrected chi connectivity index (χ4v) is 1.67. The Kier molecular flexibility index (Phi) is 3.14. The molecule has 19 heavy (non-hydrogen) atoms. The Hall–Kier alpha value is -1.15. The quantitative estimate of drug-likeness (QED) is 0.446. The smallest absolute Gasteiger partial charge is 0.399 e. The van der Waals surface area contributed by atoms with Crippen molar-refractivity contribution < 1.29 is 26.9 Å². The van der Waals surface area contributed by atoms with Crippen LogP contribution in [0.5, 0.6) is 0 Å². The molecule has 1 aliphatic rings. The Morgan fingerprint density at radius 3 is 1.58 bits per heavy atom. The van der Waals surface area contributed by atoms with Crippen LogP contribution in [0, 0.1) is 23.5 Å². The van der Waals surface area contributed by atoms with Crippen LogP contribution in [0.3, 0.4) is 0 Å². The molecule has 0 amide bonds. The molecule has 2 rings (SSSR count). The molecule has 104 valence electrons. The first-order chi connectivity index (χ1) is 8.57. The van der Waals surface area contributed by atoms with E-state index in [0.29, 0.717) is 0 Å². The van der Waals surface area contributed by atoms with Crippen molar-refractivity contribution in [3.05, 3.63) is 23.5 Å². The number of hydrogen-bond donors (Lipinski definition) is 0. The van der Waals surface area contributed by atoms with E-state index in [1.54, 1.807) is 27.7 Å². The van der Waals surface area contributed by atoms with Gasteiger partial charge in [0, 0.05) is 0 Å². The Bertz CT molecular complexity index is 494. The Labute approximate surface area is 108 Å². The van der Waals surface area contributed by atoms with Crippen LogP contribution in [0.25, 0.3) is 0 Å². The number of nitrogens with zero attached hydrogens (tertiary/aromatic N) is 1. The first kappa shape index (κ1) is 14.3. The van der Waals surface area contributed by atoms with E-state index in [4.69, 9.17) is 9.31 Å². The lowest BCUT2D eigenvalue weighted by molar-refractivity contribution is 0.00578. The van der Waals surface area contributed by atoms with Crippen molar-refractivity contribution in [2.45, 2.75) is 38.9 Å². The van der Waals surface area contributed by atoms with Gasteiger partial charge in [0.15, 0.2) is 11.6 Å². The van der Waals surface area contributed by atoms with Crippen LogP contribution in [0.1, 0.15) is 27.7 Å². The van der Waals surface area contributed by atoms with Gasteiger partial charge in [-0.1, -0.05) is 0 Å². The van der Waals surface area contributed by atoms with Crippen molar-refractivity contribution in [3.8, 4) is 0 Å². The summed E-state index contributed by atoms with van der Waals surface area (Å²) in [6.45, 7) is 6.60. The van der Waals surface area contributed by atoms with Crippen LogP contribution in [0.2, 0.25) is 0 Å². The summed E-state index contributed by atoms with van der Waals surface area (Å²) in [5.74, 6) is -6.69. The van der Waals surface area contributed by atoms with Crippen molar-refractivity contribution in [2.24, 2.45) is 0 Å². The maximum Gasteiger partial charge on any atom is 0.501 e. The molecule has 3 nitrogen and oxygen atoms in total. The molecule has 1 fully saturated rings. The molecule has 0 saturated carbocycles. The molecule has 0 atom stereocenters. The van der Waals surface area contributed by atoms with Gasteiger partial charge in [-0.2, -0.15) is 13.8 Å². The Morgan fingerprint density at radius 2 is 1.21 bits per heavy atom. The average molecular weight is 277 g/mol. The highest BCUT2D eigenvalue weighted by molar-refractivity contribution is 6.62. The first-order valence-electron chi connectivity index (χ1n) is 5.62. The molecule has 0 bridgehead atoms. The fourth-order valence-electron chi connectivity index (χ4n) is 1.67. The molecule has 0 aliphatic carbocycles. The third-order valence-electron chi connectivity index (χ3n) is 3.52. The van der Waals surface area contributed by atoms with Gasteiger partial charge in [0.1, 0.15) is 0 Å². The van der Waals surface area contributed by atoms with Gasteiger partial charge >= 0.3 is 7.12 Å². The van der Waals surface area contributed by atoms with Crippen molar-refractivity contribution >= 4 is 12.6 Å². The molecular formula is C11H12BF4NO2. The molecule has 1 aromatic heterocycles. The van der Waals surface area contributed by atoms with E-state index in [1.807, 2.05) is 0 Å². The SMILES string of the molecule is CC1(C)OB(c2c(F)c(F)nc(F)c2F)OC1(C)C. The highest BCUT2D eigenvalue weighted by Gasteiger charge is 2.54. The summed E-state index contributed by atoms with van der Waals surface area (Å²) in [5.41, 5.74) is -2.71. The second-order valence-corrected chi connectivity index (χ2v) is 5.32. The van der Waals surface area contributed by atoms with Gasteiger partial charge in [-0.25, -0.2) is 8.78 Å². The van der Waals surface area contributed by atoms with Crippen molar-refractivity contribution in [2.75, 3.05) is 0 Å². The molecule has 1 aromatic rings. The van der Waals surface area contributed by atoms with E-state index in [0.717, 1.165) is 0 Å². The molecule has 8 heteroatoms. The van der Waals surface area contributed by atoms with Crippen molar-refractivity contribution in [1.29, 1.82) is 0 Å². The summed E-state index contributed by atoms with van der Waals surface area (Å²) in [5, 5.41) is 0. The molecule has 0 radical (unpaired) electrons. The standard InChI is InChI=1S/C11H12BF4NO2/c1-10(2)11(3,4)19-12(18-10)5-6(13)8(15)17-9(16)7(5)14/h1-4H3. The number of hydrogen-bond acceptors (Lipinski definition) is 3. The summed E-state index contributed by atoms with van der Waals surface area (Å²) < 4.78 is 64.0. The zero-order valence-corrected chi connectivity index (χ0v) is 10.9. The highest BCUT2D eigenvalue weighted by Crippen LogP contribution is 2.36. The van der Waals surface area contributed by atoms with Gasteiger partial charge in [-0.3, -0.25) is 0 Å². The second-order valence-electron chi connectivity index (χ2n) is 5.32. The number of rotatable bonds is 1. The first-order valence-corrected chi connectivity index (χ1v) is 5.62. The van der Waals surface area contributed by atoms with Crippen molar-refractivity contribution in [1.82, 2.24) is 4.98 Å². The minimum atomic E-state index is -1.73. The summed E-state index contributed by atoms with van der Waals surface area (Å²) in [4.78, 5) is 2.48. The van der Waals surface area contributed by atoms with Gasteiger partial charge in [0.05, 0.1) is 16.7 Å².